The van der Waals surface area contributed by atoms with Crippen LogP contribution >= 0.6 is 0 Å². The lowest BCUT2D eigenvalue weighted by molar-refractivity contribution is -0.0493. The minimum atomic E-state index is 0.392. The molecule has 3 heteroatoms. The van der Waals surface area contributed by atoms with E-state index in [4.69, 9.17) is 4.74 Å². The van der Waals surface area contributed by atoms with Crippen molar-refractivity contribution in [3.63, 3.8) is 0 Å². The van der Waals surface area contributed by atoms with Crippen molar-refractivity contribution in [3.05, 3.63) is 0 Å². The fourth-order valence-electron chi connectivity index (χ4n) is 5.70. The fraction of sp³-hybridized carbons (Fsp3) is 1.00. The summed E-state index contributed by atoms with van der Waals surface area (Å²) in [5.74, 6) is 0.944. The highest BCUT2D eigenvalue weighted by Gasteiger charge is 2.38. The van der Waals surface area contributed by atoms with Gasteiger partial charge in [0.25, 0.3) is 0 Å². The maximum Gasteiger partial charge on any atom is 0.0579 e. The maximum atomic E-state index is 6.06. The molecular formula is C29H58N2O. The summed E-state index contributed by atoms with van der Waals surface area (Å²) >= 11 is 0. The molecule has 1 saturated carbocycles. The highest BCUT2D eigenvalue weighted by atomic mass is 16.5. The predicted molar refractivity (Wildman–Crippen MR) is 140 cm³/mol. The highest BCUT2D eigenvalue weighted by molar-refractivity contribution is 4.91. The summed E-state index contributed by atoms with van der Waals surface area (Å²) in [6.07, 6.45) is 14.6. The SMILES string of the molecule is CC(C)OC1CCC2(CC1)CCN(CC1CCN(C(C)C)CC1)CC2.CCC(C)(C)CC. The minimum absolute atomic E-state index is 0.392. The second-order valence-corrected chi connectivity index (χ2v) is 12.6. The smallest absolute Gasteiger partial charge is 0.0579 e. The molecule has 0 unspecified atom stereocenters. The second kappa shape index (κ2) is 13.1. The minimum Gasteiger partial charge on any atom is -0.376 e. The van der Waals surface area contributed by atoms with E-state index in [9.17, 15) is 0 Å². The Balaban J connectivity index is 0.000000451. The van der Waals surface area contributed by atoms with Gasteiger partial charge in [0.05, 0.1) is 12.2 Å². The van der Waals surface area contributed by atoms with Crippen LogP contribution in [-0.2, 0) is 4.74 Å². The highest BCUT2D eigenvalue weighted by Crippen LogP contribution is 2.45. The van der Waals surface area contributed by atoms with E-state index in [1.165, 1.54) is 96.9 Å². The second-order valence-electron chi connectivity index (χ2n) is 12.6. The maximum absolute atomic E-state index is 6.06. The molecule has 0 aromatic heterocycles. The number of likely N-dealkylation sites (tertiary alicyclic amines) is 2. The van der Waals surface area contributed by atoms with Gasteiger partial charge >= 0.3 is 0 Å². The van der Waals surface area contributed by atoms with Crippen molar-refractivity contribution in [3.8, 4) is 0 Å². The van der Waals surface area contributed by atoms with Gasteiger partial charge in [-0.05, 0) is 122 Å². The van der Waals surface area contributed by atoms with Crippen LogP contribution in [0, 0.1) is 16.7 Å². The Kier molecular flexibility index (Phi) is 11.5. The molecule has 0 bridgehead atoms. The first-order valence-corrected chi connectivity index (χ1v) is 14.2. The van der Waals surface area contributed by atoms with Gasteiger partial charge in [-0.1, -0.05) is 40.5 Å². The molecular weight excluding hydrogens is 392 g/mol. The average molecular weight is 451 g/mol. The van der Waals surface area contributed by atoms with E-state index in [0.29, 0.717) is 23.0 Å². The zero-order chi connectivity index (χ0) is 23.8. The first kappa shape index (κ1) is 28.1. The molecule has 0 radical (unpaired) electrons. The number of ether oxygens (including phenoxy) is 1. The summed E-state index contributed by atoms with van der Waals surface area (Å²) in [7, 11) is 0. The van der Waals surface area contributed by atoms with Gasteiger partial charge in [0, 0.05) is 12.6 Å². The molecule has 3 nitrogen and oxygen atoms in total. The van der Waals surface area contributed by atoms with Crippen LogP contribution in [0.15, 0.2) is 0 Å². The largest absolute Gasteiger partial charge is 0.376 e. The number of piperidine rings is 2. The lowest BCUT2D eigenvalue weighted by Gasteiger charge is -2.47. The molecule has 2 aliphatic heterocycles. The Morgan fingerprint density at radius 2 is 1.34 bits per heavy atom. The van der Waals surface area contributed by atoms with Crippen molar-refractivity contribution in [1.82, 2.24) is 9.80 Å². The molecule has 3 aliphatic rings. The molecule has 0 N–H and O–H groups in total. The molecule has 190 valence electrons. The van der Waals surface area contributed by atoms with Gasteiger partial charge in [-0.15, -0.1) is 0 Å². The van der Waals surface area contributed by atoms with Crippen molar-refractivity contribution >= 4 is 0 Å². The van der Waals surface area contributed by atoms with Crippen LogP contribution in [0.5, 0.6) is 0 Å². The fourth-order valence-corrected chi connectivity index (χ4v) is 5.70. The van der Waals surface area contributed by atoms with Gasteiger partial charge in [-0.3, -0.25) is 0 Å². The van der Waals surface area contributed by atoms with Crippen LogP contribution in [0.1, 0.15) is 120 Å². The van der Waals surface area contributed by atoms with Gasteiger partial charge in [0.2, 0.25) is 0 Å². The summed E-state index contributed by atoms with van der Waals surface area (Å²) in [6, 6.07) is 0.727. The summed E-state index contributed by atoms with van der Waals surface area (Å²) in [5.41, 5.74) is 1.24. The molecule has 3 fully saturated rings. The third kappa shape index (κ3) is 9.26. The number of nitrogens with zero attached hydrogens (tertiary/aromatic N) is 2. The predicted octanol–water partition coefficient (Wildman–Crippen LogP) is 7.39. The summed E-state index contributed by atoms with van der Waals surface area (Å²) in [4.78, 5) is 5.44. The van der Waals surface area contributed by atoms with Crippen molar-refractivity contribution in [2.24, 2.45) is 16.7 Å². The lowest BCUT2D eigenvalue weighted by Crippen LogP contribution is -2.46. The topological polar surface area (TPSA) is 15.7 Å². The summed E-state index contributed by atoms with van der Waals surface area (Å²) in [5, 5.41) is 0. The molecule has 1 aliphatic carbocycles. The van der Waals surface area contributed by atoms with Gasteiger partial charge in [-0.2, -0.15) is 0 Å². The van der Waals surface area contributed by atoms with Crippen LogP contribution in [0.3, 0.4) is 0 Å². The van der Waals surface area contributed by atoms with E-state index >= 15 is 0 Å². The molecule has 0 aromatic rings. The summed E-state index contributed by atoms with van der Waals surface area (Å²) < 4.78 is 6.06. The van der Waals surface area contributed by atoms with Crippen molar-refractivity contribution in [2.75, 3.05) is 32.7 Å². The van der Waals surface area contributed by atoms with Crippen LogP contribution in [0.2, 0.25) is 0 Å². The third-order valence-electron chi connectivity index (χ3n) is 9.18. The van der Waals surface area contributed by atoms with Gasteiger partial charge < -0.3 is 14.5 Å². The molecule has 2 heterocycles. The van der Waals surface area contributed by atoms with Gasteiger partial charge in [-0.25, -0.2) is 0 Å². The monoisotopic (exact) mass is 450 g/mol. The first-order valence-electron chi connectivity index (χ1n) is 14.2. The Hall–Kier alpha value is -0.120. The molecule has 0 atom stereocenters. The van der Waals surface area contributed by atoms with Crippen LogP contribution in [-0.4, -0.2) is 60.8 Å². The molecule has 3 rings (SSSR count). The average Bonchev–Trinajstić information content (AvgIpc) is 2.78. The number of hydrogen-bond donors (Lipinski definition) is 0. The third-order valence-corrected chi connectivity index (χ3v) is 9.18. The Morgan fingerprint density at radius 3 is 1.75 bits per heavy atom. The Morgan fingerprint density at radius 1 is 0.812 bits per heavy atom. The Labute approximate surface area is 202 Å². The van der Waals surface area contributed by atoms with E-state index in [0.717, 1.165) is 12.0 Å². The molecule has 0 aromatic carbocycles. The quantitative estimate of drug-likeness (QED) is 0.402. The first-order chi connectivity index (χ1) is 15.1. The lowest BCUT2D eigenvalue weighted by atomic mass is 9.67. The van der Waals surface area contributed by atoms with Crippen LogP contribution in [0.25, 0.3) is 0 Å². The zero-order valence-corrected chi connectivity index (χ0v) is 23.2. The Bertz CT molecular complexity index is 483. The van der Waals surface area contributed by atoms with E-state index in [-0.39, 0.29) is 0 Å². The number of rotatable bonds is 7. The standard InChI is InChI=1S/C22H42N2O.C7H16/c1-18(2)24-13-7-20(8-14-24)17-23-15-11-22(12-16-23)9-5-21(6-10-22)25-19(3)4;1-5-7(3,4)6-2/h18-21H,5-17H2,1-4H3;5-6H2,1-4H3. The van der Waals surface area contributed by atoms with E-state index in [1.807, 2.05) is 0 Å². The molecule has 32 heavy (non-hydrogen) atoms. The van der Waals surface area contributed by atoms with Crippen molar-refractivity contribution < 1.29 is 4.74 Å². The normalized spacial score (nSPS) is 24.2. The summed E-state index contributed by atoms with van der Waals surface area (Å²) in [6.45, 7) is 24.8. The number of hydrogen-bond acceptors (Lipinski definition) is 3. The molecule has 1 spiro atoms. The van der Waals surface area contributed by atoms with Gasteiger partial charge in [0.1, 0.15) is 0 Å². The molecule has 2 saturated heterocycles. The zero-order valence-electron chi connectivity index (χ0n) is 23.2. The van der Waals surface area contributed by atoms with Crippen molar-refractivity contribution in [1.29, 1.82) is 0 Å². The van der Waals surface area contributed by atoms with E-state index in [1.54, 1.807) is 0 Å². The van der Waals surface area contributed by atoms with Crippen LogP contribution < -0.4 is 0 Å². The van der Waals surface area contributed by atoms with Crippen LogP contribution in [0.4, 0.5) is 0 Å². The van der Waals surface area contributed by atoms with Crippen molar-refractivity contribution in [2.45, 2.75) is 138 Å². The molecule has 0 amide bonds. The van der Waals surface area contributed by atoms with Gasteiger partial charge in [0.15, 0.2) is 0 Å². The van der Waals surface area contributed by atoms with E-state index < -0.39 is 0 Å². The van der Waals surface area contributed by atoms with E-state index in [2.05, 4.69) is 65.2 Å².